The van der Waals surface area contributed by atoms with Crippen LogP contribution in [0.4, 0.5) is 0 Å². The van der Waals surface area contributed by atoms with Crippen molar-refractivity contribution in [1.29, 1.82) is 0 Å². The highest BCUT2D eigenvalue weighted by molar-refractivity contribution is 6.58. The highest BCUT2D eigenvalue weighted by Crippen LogP contribution is 2.27. The minimum atomic E-state index is -1.44. The molecule has 5 heteroatoms. The molecule has 1 aliphatic rings. The smallest absolute Gasteiger partial charge is 0.488 e. The van der Waals surface area contributed by atoms with Crippen molar-refractivity contribution in [1.82, 2.24) is 4.90 Å². The molecule has 104 valence electrons. The van der Waals surface area contributed by atoms with Gasteiger partial charge in [0.25, 0.3) is 0 Å². The first-order valence-electron chi connectivity index (χ1n) is 6.83. The Bertz CT molecular complexity index is 423. The molecule has 1 heterocycles. The molecule has 0 unspecified atom stereocenters. The van der Waals surface area contributed by atoms with Gasteiger partial charge in [-0.3, -0.25) is 4.90 Å². The fourth-order valence-corrected chi connectivity index (χ4v) is 2.62. The molecule has 2 rings (SSSR count). The van der Waals surface area contributed by atoms with Crippen molar-refractivity contribution in [2.75, 3.05) is 19.7 Å². The molecule has 0 spiro atoms. The Kier molecular flexibility index (Phi) is 4.50. The standard InChI is InChI=1S/C14H22BNO3/c1-14(2)7-4-8-16(14)9-10-19-13-6-3-5-12(11-13)15(17)18/h3,5-6,11,17-18H,4,7-10H2,1-2H3. The van der Waals surface area contributed by atoms with Crippen molar-refractivity contribution in [3.8, 4) is 5.75 Å². The van der Waals surface area contributed by atoms with Crippen molar-refractivity contribution in [2.24, 2.45) is 0 Å². The first kappa shape index (κ1) is 14.4. The molecular formula is C14H22BNO3. The van der Waals surface area contributed by atoms with E-state index < -0.39 is 7.12 Å². The maximum atomic E-state index is 9.11. The molecular weight excluding hydrogens is 241 g/mol. The Morgan fingerprint density at radius 1 is 1.37 bits per heavy atom. The van der Waals surface area contributed by atoms with Crippen LogP contribution in [0, 0.1) is 0 Å². The summed E-state index contributed by atoms with van der Waals surface area (Å²) in [7, 11) is -1.44. The van der Waals surface area contributed by atoms with Crippen molar-refractivity contribution in [2.45, 2.75) is 32.2 Å². The third-order valence-electron chi connectivity index (χ3n) is 3.86. The van der Waals surface area contributed by atoms with Crippen LogP contribution >= 0.6 is 0 Å². The molecule has 0 aromatic heterocycles. The molecule has 0 radical (unpaired) electrons. The van der Waals surface area contributed by atoms with Crippen molar-refractivity contribution < 1.29 is 14.8 Å². The molecule has 0 amide bonds. The van der Waals surface area contributed by atoms with E-state index in [-0.39, 0.29) is 5.54 Å². The molecule has 2 N–H and O–H groups in total. The second kappa shape index (κ2) is 5.95. The van der Waals surface area contributed by atoms with Gasteiger partial charge in [0.05, 0.1) is 0 Å². The summed E-state index contributed by atoms with van der Waals surface area (Å²) in [4.78, 5) is 2.44. The van der Waals surface area contributed by atoms with Gasteiger partial charge >= 0.3 is 7.12 Å². The Labute approximate surface area is 115 Å². The average Bonchev–Trinajstić information content (AvgIpc) is 2.69. The number of likely N-dealkylation sites (tertiary alicyclic amines) is 1. The number of nitrogens with zero attached hydrogens (tertiary/aromatic N) is 1. The highest BCUT2D eigenvalue weighted by Gasteiger charge is 2.31. The summed E-state index contributed by atoms with van der Waals surface area (Å²) >= 11 is 0. The second-order valence-corrected chi connectivity index (χ2v) is 5.70. The normalized spacial score (nSPS) is 18.5. The maximum absolute atomic E-state index is 9.11. The topological polar surface area (TPSA) is 52.9 Å². The van der Waals surface area contributed by atoms with Crippen LogP contribution in [-0.4, -0.2) is 47.3 Å². The van der Waals surface area contributed by atoms with E-state index in [1.165, 1.54) is 12.8 Å². The molecule has 1 saturated heterocycles. The zero-order chi connectivity index (χ0) is 13.9. The summed E-state index contributed by atoms with van der Waals surface area (Å²) < 4.78 is 5.69. The van der Waals surface area contributed by atoms with E-state index >= 15 is 0 Å². The zero-order valence-electron chi connectivity index (χ0n) is 11.7. The summed E-state index contributed by atoms with van der Waals surface area (Å²) in [6.07, 6.45) is 2.48. The van der Waals surface area contributed by atoms with Crippen molar-refractivity contribution >= 4 is 12.6 Å². The summed E-state index contributed by atoms with van der Waals surface area (Å²) in [5, 5.41) is 18.2. The SMILES string of the molecule is CC1(C)CCCN1CCOc1cccc(B(O)O)c1. The molecule has 1 aromatic rings. The average molecular weight is 263 g/mol. The van der Waals surface area contributed by atoms with Crippen LogP contribution in [-0.2, 0) is 0 Å². The van der Waals surface area contributed by atoms with E-state index in [2.05, 4.69) is 18.7 Å². The van der Waals surface area contributed by atoms with E-state index in [0.29, 0.717) is 17.8 Å². The van der Waals surface area contributed by atoms with Crippen LogP contribution in [0.15, 0.2) is 24.3 Å². The number of rotatable bonds is 5. The second-order valence-electron chi connectivity index (χ2n) is 5.70. The Hall–Kier alpha value is -1.04. The van der Waals surface area contributed by atoms with Crippen LogP contribution < -0.4 is 10.2 Å². The van der Waals surface area contributed by atoms with Gasteiger partial charge in [-0.1, -0.05) is 12.1 Å². The first-order valence-corrected chi connectivity index (χ1v) is 6.83. The van der Waals surface area contributed by atoms with E-state index in [4.69, 9.17) is 14.8 Å². The fourth-order valence-electron chi connectivity index (χ4n) is 2.62. The quantitative estimate of drug-likeness (QED) is 0.765. The van der Waals surface area contributed by atoms with Gasteiger partial charge in [-0.15, -0.1) is 0 Å². The molecule has 1 aromatic carbocycles. The number of ether oxygens (including phenoxy) is 1. The predicted octanol–water partition coefficient (Wildman–Crippen LogP) is 0.620. The minimum Gasteiger partial charge on any atom is -0.492 e. The lowest BCUT2D eigenvalue weighted by molar-refractivity contribution is 0.143. The Morgan fingerprint density at radius 2 is 2.16 bits per heavy atom. The van der Waals surface area contributed by atoms with E-state index in [1.54, 1.807) is 18.2 Å². The lowest BCUT2D eigenvalue weighted by Gasteiger charge is -2.31. The van der Waals surface area contributed by atoms with Crippen LogP contribution in [0.5, 0.6) is 5.75 Å². The molecule has 19 heavy (non-hydrogen) atoms. The minimum absolute atomic E-state index is 0.270. The zero-order valence-corrected chi connectivity index (χ0v) is 11.7. The first-order chi connectivity index (χ1) is 8.99. The molecule has 0 aliphatic carbocycles. The Balaban J connectivity index is 1.84. The van der Waals surface area contributed by atoms with E-state index in [1.807, 2.05) is 6.07 Å². The fraction of sp³-hybridized carbons (Fsp3) is 0.571. The van der Waals surface area contributed by atoms with Gasteiger partial charge in [0.1, 0.15) is 12.4 Å². The lowest BCUT2D eigenvalue weighted by Crippen LogP contribution is -2.40. The van der Waals surface area contributed by atoms with Crippen LogP contribution in [0.25, 0.3) is 0 Å². The van der Waals surface area contributed by atoms with Crippen molar-refractivity contribution in [3.63, 3.8) is 0 Å². The van der Waals surface area contributed by atoms with Gasteiger partial charge in [-0.2, -0.15) is 0 Å². The summed E-state index contributed by atoms with van der Waals surface area (Å²) in [6, 6.07) is 6.94. The van der Waals surface area contributed by atoms with E-state index in [0.717, 1.165) is 13.1 Å². The monoisotopic (exact) mass is 263 g/mol. The number of hydrogen-bond donors (Lipinski definition) is 2. The molecule has 4 nitrogen and oxygen atoms in total. The van der Waals surface area contributed by atoms with Gasteiger partial charge < -0.3 is 14.8 Å². The van der Waals surface area contributed by atoms with Crippen molar-refractivity contribution in [3.05, 3.63) is 24.3 Å². The molecule has 1 fully saturated rings. The molecule has 0 atom stereocenters. The Morgan fingerprint density at radius 3 is 2.79 bits per heavy atom. The van der Waals surface area contributed by atoms with Crippen LogP contribution in [0.2, 0.25) is 0 Å². The highest BCUT2D eigenvalue weighted by atomic mass is 16.5. The molecule has 0 saturated carbocycles. The number of benzene rings is 1. The summed E-state index contributed by atoms with van der Waals surface area (Å²) in [5.74, 6) is 0.683. The van der Waals surface area contributed by atoms with Gasteiger partial charge in [0, 0.05) is 12.1 Å². The van der Waals surface area contributed by atoms with Crippen LogP contribution in [0.3, 0.4) is 0 Å². The lowest BCUT2D eigenvalue weighted by atomic mass is 9.80. The maximum Gasteiger partial charge on any atom is 0.488 e. The van der Waals surface area contributed by atoms with Crippen LogP contribution in [0.1, 0.15) is 26.7 Å². The third kappa shape index (κ3) is 3.72. The van der Waals surface area contributed by atoms with Gasteiger partial charge in [0.15, 0.2) is 0 Å². The third-order valence-corrected chi connectivity index (χ3v) is 3.86. The van der Waals surface area contributed by atoms with Gasteiger partial charge in [0.2, 0.25) is 0 Å². The molecule has 0 bridgehead atoms. The predicted molar refractivity (Wildman–Crippen MR) is 76.6 cm³/mol. The van der Waals surface area contributed by atoms with Gasteiger partial charge in [-0.05, 0) is 50.8 Å². The van der Waals surface area contributed by atoms with Gasteiger partial charge in [-0.25, -0.2) is 0 Å². The number of hydrogen-bond acceptors (Lipinski definition) is 4. The summed E-state index contributed by atoms with van der Waals surface area (Å²) in [6.45, 7) is 7.19. The summed E-state index contributed by atoms with van der Waals surface area (Å²) in [5.41, 5.74) is 0.728. The largest absolute Gasteiger partial charge is 0.492 e. The van der Waals surface area contributed by atoms with E-state index in [9.17, 15) is 0 Å². The molecule has 1 aliphatic heterocycles.